The number of rotatable bonds is 4. The number of hydrogen-bond acceptors (Lipinski definition) is 3. The van der Waals surface area contributed by atoms with Gasteiger partial charge in [0, 0.05) is 39.4 Å². The highest BCUT2D eigenvalue weighted by molar-refractivity contribution is 7.86. The topological polar surface area (TPSA) is 49.9 Å². The zero-order chi connectivity index (χ0) is 16.3. The lowest BCUT2D eigenvalue weighted by Gasteiger charge is -2.35. The van der Waals surface area contributed by atoms with Crippen LogP contribution in [0.2, 0.25) is 0 Å². The van der Waals surface area contributed by atoms with E-state index in [4.69, 9.17) is 4.74 Å². The summed E-state index contributed by atoms with van der Waals surface area (Å²) in [6, 6.07) is 10.2. The molecule has 1 aromatic carbocycles. The van der Waals surface area contributed by atoms with E-state index < -0.39 is 10.2 Å². The second-order valence-corrected chi connectivity index (χ2v) is 8.06. The maximum Gasteiger partial charge on any atom is 0.282 e. The quantitative estimate of drug-likeness (QED) is 0.846. The van der Waals surface area contributed by atoms with Gasteiger partial charge in [0.1, 0.15) is 0 Å². The molecule has 126 valence electrons. The van der Waals surface area contributed by atoms with Crippen molar-refractivity contribution in [2.24, 2.45) is 0 Å². The Hall–Kier alpha value is -1.21. The van der Waals surface area contributed by atoms with Crippen molar-refractivity contribution >= 4 is 15.8 Å². The Labute approximate surface area is 138 Å². The molecule has 3 rings (SSSR count). The minimum Gasteiger partial charge on any atom is -0.381 e. The molecule has 6 heteroatoms. The second-order valence-electron chi connectivity index (χ2n) is 6.07. The summed E-state index contributed by atoms with van der Waals surface area (Å²) >= 11 is 0. The lowest BCUT2D eigenvalue weighted by atomic mass is 10.0. The summed E-state index contributed by atoms with van der Waals surface area (Å²) in [5.41, 5.74) is 2.41. The van der Waals surface area contributed by atoms with Gasteiger partial charge >= 0.3 is 0 Å². The molecule has 2 heterocycles. The van der Waals surface area contributed by atoms with E-state index in [1.165, 1.54) is 15.4 Å². The van der Waals surface area contributed by atoms with E-state index >= 15 is 0 Å². The molecule has 0 atom stereocenters. The highest BCUT2D eigenvalue weighted by Crippen LogP contribution is 2.25. The van der Waals surface area contributed by atoms with Crippen molar-refractivity contribution in [1.29, 1.82) is 0 Å². The maximum absolute atomic E-state index is 12.8. The van der Waals surface area contributed by atoms with Crippen LogP contribution < -0.4 is 0 Å². The van der Waals surface area contributed by atoms with Gasteiger partial charge in [-0.2, -0.15) is 17.0 Å². The van der Waals surface area contributed by atoms with Crippen LogP contribution in [0.3, 0.4) is 0 Å². The monoisotopic (exact) mass is 336 g/mol. The van der Waals surface area contributed by atoms with Crippen molar-refractivity contribution in [2.75, 3.05) is 33.4 Å². The second kappa shape index (κ2) is 7.13. The molecule has 0 aliphatic carbocycles. The summed E-state index contributed by atoms with van der Waals surface area (Å²) in [5, 5.41) is 0. The number of nitrogens with zero attached hydrogens (tertiary/aromatic N) is 2. The SMILES string of the molecule is CN(C1CCOCC1)S(=O)(=O)N1CC=C(c2ccccc2)CC1. The van der Waals surface area contributed by atoms with E-state index in [2.05, 4.69) is 12.1 Å². The third kappa shape index (κ3) is 3.66. The first kappa shape index (κ1) is 16.6. The predicted octanol–water partition coefficient (Wildman–Crippen LogP) is 2.13. The summed E-state index contributed by atoms with van der Waals surface area (Å²) < 4.78 is 34.1. The van der Waals surface area contributed by atoms with E-state index in [1.807, 2.05) is 24.3 Å². The van der Waals surface area contributed by atoms with E-state index in [9.17, 15) is 8.42 Å². The van der Waals surface area contributed by atoms with Crippen molar-refractivity contribution in [3.05, 3.63) is 42.0 Å². The molecule has 2 aliphatic heterocycles. The minimum atomic E-state index is -3.40. The molecular formula is C17H24N2O3S. The van der Waals surface area contributed by atoms with Gasteiger partial charge in [-0.3, -0.25) is 0 Å². The third-order valence-electron chi connectivity index (χ3n) is 4.71. The fraction of sp³-hybridized carbons (Fsp3) is 0.529. The van der Waals surface area contributed by atoms with Gasteiger partial charge in [0.05, 0.1) is 0 Å². The minimum absolute atomic E-state index is 0.0493. The standard InChI is InChI=1S/C17H24N2O3S/c1-18(17-9-13-22-14-10-17)23(20,21)19-11-7-16(8-12-19)15-5-3-2-4-6-15/h2-7,17H,8-14H2,1H3. The molecule has 0 radical (unpaired) electrons. The van der Waals surface area contributed by atoms with Gasteiger partial charge < -0.3 is 4.74 Å². The molecule has 1 aromatic rings. The molecule has 5 nitrogen and oxygen atoms in total. The van der Waals surface area contributed by atoms with Crippen LogP contribution in [-0.4, -0.2) is 56.4 Å². The molecule has 0 N–H and O–H groups in total. The zero-order valence-corrected chi connectivity index (χ0v) is 14.3. The van der Waals surface area contributed by atoms with Crippen molar-refractivity contribution in [3.63, 3.8) is 0 Å². The third-order valence-corrected chi connectivity index (χ3v) is 6.72. The molecule has 0 spiro atoms. The van der Waals surface area contributed by atoms with Crippen LogP contribution in [0.4, 0.5) is 0 Å². The highest BCUT2D eigenvalue weighted by atomic mass is 32.2. The van der Waals surface area contributed by atoms with Gasteiger partial charge in [0.25, 0.3) is 10.2 Å². The smallest absolute Gasteiger partial charge is 0.282 e. The van der Waals surface area contributed by atoms with Crippen LogP contribution in [0.25, 0.3) is 5.57 Å². The summed E-state index contributed by atoms with van der Waals surface area (Å²) in [6.07, 6.45) is 4.34. The Morgan fingerprint density at radius 2 is 1.87 bits per heavy atom. The number of benzene rings is 1. The first-order valence-electron chi connectivity index (χ1n) is 8.14. The Balaban J connectivity index is 1.69. The Morgan fingerprint density at radius 3 is 2.48 bits per heavy atom. The van der Waals surface area contributed by atoms with Gasteiger partial charge in [-0.1, -0.05) is 36.4 Å². The van der Waals surface area contributed by atoms with Crippen LogP contribution in [0, 0.1) is 0 Å². The highest BCUT2D eigenvalue weighted by Gasteiger charge is 2.33. The molecule has 2 aliphatic rings. The molecule has 0 unspecified atom stereocenters. The number of ether oxygens (including phenoxy) is 1. The number of hydrogen-bond donors (Lipinski definition) is 0. The normalized spacial score (nSPS) is 21.4. The first-order valence-corrected chi connectivity index (χ1v) is 9.54. The van der Waals surface area contributed by atoms with Gasteiger partial charge in [0.2, 0.25) is 0 Å². The summed E-state index contributed by atoms with van der Waals surface area (Å²) in [4.78, 5) is 0. The molecular weight excluding hydrogens is 312 g/mol. The molecule has 0 bridgehead atoms. The summed E-state index contributed by atoms with van der Waals surface area (Å²) in [5.74, 6) is 0. The summed E-state index contributed by atoms with van der Waals surface area (Å²) in [7, 11) is -1.70. The maximum atomic E-state index is 12.8. The van der Waals surface area contributed by atoms with Crippen LogP contribution in [0.15, 0.2) is 36.4 Å². The van der Waals surface area contributed by atoms with Crippen molar-refractivity contribution in [3.8, 4) is 0 Å². The molecule has 1 saturated heterocycles. The van der Waals surface area contributed by atoms with E-state index in [1.54, 1.807) is 11.4 Å². The molecule has 1 fully saturated rings. The Bertz CT molecular complexity index is 652. The molecule has 0 amide bonds. The van der Waals surface area contributed by atoms with Gasteiger partial charge in [-0.15, -0.1) is 0 Å². The fourth-order valence-corrected chi connectivity index (χ4v) is 4.73. The van der Waals surface area contributed by atoms with Crippen LogP contribution in [0.5, 0.6) is 0 Å². The van der Waals surface area contributed by atoms with Gasteiger partial charge in [-0.05, 0) is 30.4 Å². The average molecular weight is 336 g/mol. The average Bonchev–Trinajstić information content (AvgIpc) is 2.62. The van der Waals surface area contributed by atoms with E-state index in [-0.39, 0.29) is 6.04 Å². The largest absolute Gasteiger partial charge is 0.381 e. The van der Waals surface area contributed by atoms with Crippen molar-refractivity contribution in [1.82, 2.24) is 8.61 Å². The van der Waals surface area contributed by atoms with Gasteiger partial charge in [0.15, 0.2) is 0 Å². The predicted molar refractivity (Wildman–Crippen MR) is 91.1 cm³/mol. The lowest BCUT2D eigenvalue weighted by molar-refractivity contribution is 0.0619. The van der Waals surface area contributed by atoms with Crippen molar-refractivity contribution < 1.29 is 13.2 Å². The Kier molecular flexibility index (Phi) is 5.16. The zero-order valence-electron chi connectivity index (χ0n) is 13.5. The molecule has 0 aromatic heterocycles. The van der Waals surface area contributed by atoms with Crippen LogP contribution in [0.1, 0.15) is 24.8 Å². The summed E-state index contributed by atoms with van der Waals surface area (Å²) in [6.45, 7) is 2.27. The Morgan fingerprint density at radius 1 is 1.17 bits per heavy atom. The van der Waals surface area contributed by atoms with E-state index in [0.717, 1.165) is 19.3 Å². The first-order chi connectivity index (χ1) is 11.1. The lowest BCUT2D eigenvalue weighted by Crippen LogP contribution is -2.49. The fourth-order valence-electron chi connectivity index (χ4n) is 3.19. The van der Waals surface area contributed by atoms with Gasteiger partial charge in [-0.25, -0.2) is 0 Å². The van der Waals surface area contributed by atoms with Crippen molar-refractivity contribution in [2.45, 2.75) is 25.3 Å². The van der Waals surface area contributed by atoms with E-state index in [0.29, 0.717) is 26.3 Å². The molecule has 23 heavy (non-hydrogen) atoms. The van der Waals surface area contributed by atoms with Crippen LogP contribution >= 0.6 is 0 Å². The molecule has 0 saturated carbocycles. The van der Waals surface area contributed by atoms with Crippen LogP contribution in [-0.2, 0) is 14.9 Å².